The summed E-state index contributed by atoms with van der Waals surface area (Å²) in [4.78, 5) is 36.2. The summed E-state index contributed by atoms with van der Waals surface area (Å²) in [6, 6.07) is 11.3. The molecular formula is C28H27FN6O3S. The number of primary amides is 1. The summed E-state index contributed by atoms with van der Waals surface area (Å²) in [5.74, 6) is -0.153. The standard InChI is InChI=1S/C28H27FN6O3S/c1-28(2,27(30)37)16-8-20(15-4-6-17(29)7-5-15)32-24(9-16)38-25-18-11-35(12-19(18)25)26(36)23-10-21(33-34(23)3)22-13-39-14-31-22/h4-10,13-14,18-19,25H,11-12H2,1-3H3,(H2,30,37)/t18-,19+,25-. The second-order valence-electron chi connectivity index (χ2n) is 10.6. The maximum atomic E-state index is 13.5. The van der Waals surface area contributed by atoms with E-state index >= 15 is 0 Å². The number of thiazole rings is 1. The first-order valence-corrected chi connectivity index (χ1v) is 13.5. The highest BCUT2D eigenvalue weighted by Crippen LogP contribution is 2.48. The minimum Gasteiger partial charge on any atom is -0.474 e. The van der Waals surface area contributed by atoms with Crippen molar-refractivity contribution in [3.05, 3.63) is 70.4 Å². The van der Waals surface area contributed by atoms with Crippen LogP contribution in [-0.4, -0.2) is 55.7 Å². The quantitative estimate of drug-likeness (QED) is 0.378. The largest absolute Gasteiger partial charge is 0.474 e. The smallest absolute Gasteiger partial charge is 0.272 e. The van der Waals surface area contributed by atoms with Crippen molar-refractivity contribution < 1.29 is 18.7 Å². The predicted molar refractivity (Wildman–Crippen MR) is 143 cm³/mol. The molecule has 2 aliphatic rings. The molecule has 11 heteroatoms. The monoisotopic (exact) mass is 546 g/mol. The number of carbonyl (C=O) groups excluding carboxylic acids is 2. The molecule has 4 aromatic rings. The molecule has 9 nitrogen and oxygen atoms in total. The Hall–Kier alpha value is -4.12. The first-order valence-electron chi connectivity index (χ1n) is 12.6. The number of pyridine rings is 1. The molecule has 2 N–H and O–H groups in total. The molecule has 2 fully saturated rings. The molecule has 0 unspecified atom stereocenters. The van der Waals surface area contributed by atoms with Crippen molar-refractivity contribution in [1.82, 2.24) is 24.6 Å². The number of aromatic nitrogens is 4. The Kier molecular flexibility index (Phi) is 5.98. The van der Waals surface area contributed by atoms with Gasteiger partial charge in [0, 0.05) is 49.0 Å². The number of benzene rings is 1. The fourth-order valence-corrected chi connectivity index (χ4v) is 5.63. The Labute approximate surface area is 228 Å². The molecule has 0 spiro atoms. The summed E-state index contributed by atoms with van der Waals surface area (Å²) in [6.45, 7) is 4.64. The molecule has 1 aromatic carbocycles. The lowest BCUT2D eigenvalue weighted by atomic mass is 9.83. The van der Waals surface area contributed by atoms with E-state index in [1.54, 1.807) is 61.4 Å². The average Bonchev–Trinajstić information content (AvgIpc) is 3.42. The van der Waals surface area contributed by atoms with E-state index < -0.39 is 11.3 Å². The van der Waals surface area contributed by atoms with Crippen LogP contribution >= 0.6 is 11.3 Å². The van der Waals surface area contributed by atoms with Gasteiger partial charge in [0.2, 0.25) is 11.8 Å². The van der Waals surface area contributed by atoms with Gasteiger partial charge < -0.3 is 15.4 Å². The minimum atomic E-state index is -0.959. The summed E-state index contributed by atoms with van der Waals surface area (Å²) in [7, 11) is 1.76. The Morgan fingerprint density at radius 3 is 2.44 bits per heavy atom. The van der Waals surface area contributed by atoms with Gasteiger partial charge in [0.25, 0.3) is 5.91 Å². The second-order valence-corrected chi connectivity index (χ2v) is 11.3. The van der Waals surface area contributed by atoms with Crippen LogP contribution in [0.15, 0.2) is 53.4 Å². The number of nitrogens with zero attached hydrogens (tertiary/aromatic N) is 5. The predicted octanol–water partition coefficient (Wildman–Crippen LogP) is 3.66. The van der Waals surface area contributed by atoms with E-state index in [4.69, 9.17) is 10.5 Å². The molecular weight excluding hydrogens is 519 g/mol. The maximum absolute atomic E-state index is 13.5. The lowest BCUT2D eigenvalue weighted by Crippen LogP contribution is -2.35. The number of halogens is 1. The van der Waals surface area contributed by atoms with Crippen LogP contribution < -0.4 is 10.5 Å². The molecule has 6 rings (SSSR count). The van der Waals surface area contributed by atoms with E-state index in [0.717, 1.165) is 5.69 Å². The van der Waals surface area contributed by atoms with Gasteiger partial charge in [-0.1, -0.05) is 0 Å². The summed E-state index contributed by atoms with van der Waals surface area (Å²) < 4.78 is 21.4. The minimum absolute atomic E-state index is 0.0700. The molecule has 0 bridgehead atoms. The van der Waals surface area contributed by atoms with Gasteiger partial charge in [-0.25, -0.2) is 14.4 Å². The second kappa shape index (κ2) is 9.26. The van der Waals surface area contributed by atoms with Crippen LogP contribution in [0.4, 0.5) is 4.39 Å². The van der Waals surface area contributed by atoms with E-state index in [-0.39, 0.29) is 29.7 Å². The van der Waals surface area contributed by atoms with Crippen LogP contribution in [0.25, 0.3) is 22.6 Å². The molecule has 3 atom stereocenters. The number of hydrogen-bond acceptors (Lipinski definition) is 7. The number of hydrogen-bond donors (Lipinski definition) is 1. The third kappa shape index (κ3) is 4.56. The SMILES string of the molecule is Cn1nc(-c2cscn2)cc1C(=O)N1C[C@@H]2[C@H](C1)[C@@H]2Oc1cc(C(C)(C)C(N)=O)cc(-c2ccc(F)cc2)n1. The summed E-state index contributed by atoms with van der Waals surface area (Å²) in [5.41, 5.74) is 10.3. The zero-order valence-electron chi connectivity index (χ0n) is 21.7. The van der Waals surface area contributed by atoms with Crippen LogP contribution in [0, 0.1) is 17.7 Å². The maximum Gasteiger partial charge on any atom is 0.272 e. The van der Waals surface area contributed by atoms with Gasteiger partial charge in [-0.15, -0.1) is 11.3 Å². The normalized spacial score (nSPS) is 20.1. The third-order valence-electron chi connectivity index (χ3n) is 7.73. The highest BCUT2D eigenvalue weighted by molar-refractivity contribution is 7.07. The zero-order valence-corrected chi connectivity index (χ0v) is 22.5. The topological polar surface area (TPSA) is 116 Å². The van der Waals surface area contributed by atoms with Crippen molar-refractivity contribution in [2.45, 2.75) is 25.4 Å². The molecule has 3 aromatic heterocycles. The summed E-state index contributed by atoms with van der Waals surface area (Å²) in [5, 5.41) is 6.35. The van der Waals surface area contributed by atoms with Gasteiger partial charge in [-0.3, -0.25) is 14.3 Å². The number of amides is 2. The Morgan fingerprint density at radius 1 is 1.08 bits per heavy atom. The van der Waals surface area contributed by atoms with Crippen molar-refractivity contribution in [2.24, 2.45) is 24.6 Å². The van der Waals surface area contributed by atoms with Crippen molar-refractivity contribution in [3.8, 4) is 28.5 Å². The summed E-state index contributed by atoms with van der Waals surface area (Å²) >= 11 is 1.48. The van der Waals surface area contributed by atoms with Crippen LogP contribution in [0.3, 0.4) is 0 Å². The lowest BCUT2D eigenvalue weighted by molar-refractivity contribution is -0.122. The molecule has 1 aliphatic carbocycles. The van der Waals surface area contributed by atoms with Gasteiger partial charge in [-0.05, 0) is 55.8 Å². The average molecular weight is 547 g/mol. The number of aryl methyl sites for hydroxylation is 1. The highest BCUT2D eigenvalue weighted by Gasteiger charge is 2.59. The van der Waals surface area contributed by atoms with E-state index in [9.17, 15) is 14.0 Å². The van der Waals surface area contributed by atoms with Gasteiger partial charge in [0.15, 0.2) is 0 Å². The van der Waals surface area contributed by atoms with Gasteiger partial charge in [0.1, 0.15) is 29.0 Å². The van der Waals surface area contributed by atoms with Crippen LogP contribution in [0.5, 0.6) is 5.88 Å². The van der Waals surface area contributed by atoms with Gasteiger partial charge in [0.05, 0.1) is 16.6 Å². The van der Waals surface area contributed by atoms with Crippen molar-refractivity contribution in [3.63, 3.8) is 0 Å². The number of rotatable bonds is 7. The molecule has 200 valence electrons. The van der Waals surface area contributed by atoms with E-state index in [2.05, 4.69) is 15.1 Å². The van der Waals surface area contributed by atoms with Gasteiger partial charge in [-0.2, -0.15) is 5.10 Å². The first kappa shape index (κ1) is 25.2. The highest BCUT2D eigenvalue weighted by atomic mass is 32.1. The molecule has 39 heavy (non-hydrogen) atoms. The molecule has 1 saturated heterocycles. The lowest BCUT2D eigenvalue weighted by Gasteiger charge is -2.23. The molecule has 1 aliphatic heterocycles. The van der Waals surface area contributed by atoms with E-state index in [1.807, 2.05) is 10.3 Å². The van der Waals surface area contributed by atoms with Crippen molar-refractivity contribution in [2.75, 3.05) is 13.1 Å². The molecule has 2 amide bonds. The van der Waals surface area contributed by atoms with Crippen molar-refractivity contribution >= 4 is 23.2 Å². The number of carbonyl (C=O) groups is 2. The Morgan fingerprint density at radius 2 is 1.79 bits per heavy atom. The van der Waals surface area contributed by atoms with Crippen molar-refractivity contribution in [1.29, 1.82) is 0 Å². The third-order valence-corrected chi connectivity index (χ3v) is 8.32. The van der Waals surface area contributed by atoms with Crippen LogP contribution in [0.1, 0.15) is 29.9 Å². The number of fused-ring (bicyclic) bond motifs is 1. The van der Waals surface area contributed by atoms with Gasteiger partial charge >= 0.3 is 0 Å². The molecule has 0 radical (unpaired) electrons. The number of piperidine rings is 1. The Balaban J connectivity index is 1.18. The number of likely N-dealkylation sites (tertiary alicyclic amines) is 1. The van der Waals surface area contributed by atoms with E-state index in [1.165, 1.54) is 23.5 Å². The fourth-order valence-electron chi connectivity index (χ4n) is 5.08. The Bertz CT molecular complexity index is 1550. The number of ether oxygens (including phenoxy) is 1. The fraction of sp³-hybridized carbons (Fsp3) is 0.321. The zero-order chi connectivity index (χ0) is 27.5. The summed E-state index contributed by atoms with van der Waals surface area (Å²) in [6.07, 6.45) is -0.0911. The van der Waals surface area contributed by atoms with E-state index in [0.29, 0.717) is 47.2 Å². The van der Waals surface area contributed by atoms with Crippen LogP contribution in [-0.2, 0) is 17.3 Å². The molecule has 1 saturated carbocycles. The van der Waals surface area contributed by atoms with Crippen LogP contribution in [0.2, 0.25) is 0 Å². The number of nitrogens with two attached hydrogens (primary N) is 1. The first-order chi connectivity index (χ1) is 18.6. The molecule has 4 heterocycles.